The molecule has 6 nitrogen and oxygen atoms in total. The van der Waals surface area contributed by atoms with Gasteiger partial charge in [0.15, 0.2) is 6.61 Å². The van der Waals surface area contributed by atoms with Gasteiger partial charge in [-0.1, -0.05) is 0 Å². The van der Waals surface area contributed by atoms with Crippen LogP contribution in [0.3, 0.4) is 0 Å². The Morgan fingerprint density at radius 1 is 1.35 bits per heavy atom. The molecule has 2 rings (SSSR count). The Morgan fingerprint density at radius 2 is 2.10 bits per heavy atom. The maximum atomic E-state index is 11.8. The van der Waals surface area contributed by atoms with Crippen molar-refractivity contribution in [2.24, 2.45) is 5.73 Å². The average molecular weight is 277 g/mol. The van der Waals surface area contributed by atoms with Gasteiger partial charge in [0, 0.05) is 18.2 Å². The van der Waals surface area contributed by atoms with E-state index in [2.05, 4.69) is 10.6 Å². The zero-order chi connectivity index (χ0) is 14.4. The minimum Gasteiger partial charge on any atom is -0.484 e. The van der Waals surface area contributed by atoms with Crippen molar-refractivity contribution in [3.63, 3.8) is 0 Å². The van der Waals surface area contributed by atoms with Crippen LogP contribution >= 0.6 is 0 Å². The summed E-state index contributed by atoms with van der Waals surface area (Å²) in [4.78, 5) is 22.4. The highest BCUT2D eigenvalue weighted by Gasteiger charge is 2.17. The Labute approximate surface area is 117 Å². The van der Waals surface area contributed by atoms with Gasteiger partial charge in [-0.3, -0.25) is 9.59 Å². The molecule has 1 heterocycles. The van der Waals surface area contributed by atoms with E-state index < -0.39 is 5.91 Å². The fourth-order valence-electron chi connectivity index (χ4n) is 2.16. The molecule has 1 saturated heterocycles. The number of rotatable bonds is 6. The molecule has 108 valence electrons. The van der Waals surface area contributed by atoms with Crippen LogP contribution in [0, 0.1) is 0 Å². The molecular weight excluding hydrogens is 258 g/mol. The van der Waals surface area contributed by atoms with Gasteiger partial charge in [0.05, 0.1) is 0 Å². The average Bonchev–Trinajstić information content (AvgIpc) is 2.90. The predicted molar refractivity (Wildman–Crippen MR) is 75.4 cm³/mol. The summed E-state index contributed by atoms with van der Waals surface area (Å²) in [5.41, 5.74) is 5.69. The minimum atomic E-state index is -0.522. The number of anilines is 1. The molecule has 4 N–H and O–H groups in total. The van der Waals surface area contributed by atoms with Crippen LogP contribution in [0.15, 0.2) is 24.3 Å². The van der Waals surface area contributed by atoms with Gasteiger partial charge in [-0.25, -0.2) is 0 Å². The van der Waals surface area contributed by atoms with E-state index >= 15 is 0 Å². The lowest BCUT2D eigenvalue weighted by atomic mass is 10.1. The van der Waals surface area contributed by atoms with Crippen molar-refractivity contribution in [2.75, 3.05) is 18.5 Å². The molecule has 1 aliphatic heterocycles. The Hall–Kier alpha value is -2.08. The van der Waals surface area contributed by atoms with Crippen LogP contribution in [0.4, 0.5) is 5.69 Å². The summed E-state index contributed by atoms with van der Waals surface area (Å²) in [5.74, 6) is 0.0147. The van der Waals surface area contributed by atoms with Gasteiger partial charge < -0.3 is 21.1 Å². The molecule has 1 aromatic carbocycles. The van der Waals surface area contributed by atoms with Crippen molar-refractivity contribution in [1.82, 2.24) is 5.32 Å². The van der Waals surface area contributed by atoms with E-state index in [0.29, 0.717) is 17.9 Å². The molecule has 6 heteroatoms. The number of carbonyl (C=O) groups is 2. The largest absolute Gasteiger partial charge is 0.484 e. The van der Waals surface area contributed by atoms with Gasteiger partial charge in [0.25, 0.3) is 5.91 Å². The van der Waals surface area contributed by atoms with Gasteiger partial charge in [0.2, 0.25) is 5.91 Å². The van der Waals surface area contributed by atoms with E-state index in [1.54, 1.807) is 24.3 Å². The highest BCUT2D eigenvalue weighted by atomic mass is 16.5. The first-order valence-electron chi connectivity index (χ1n) is 6.68. The molecule has 0 saturated carbocycles. The Balaban J connectivity index is 1.80. The summed E-state index contributed by atoms with van der Waals surface area (Å²) in [7, 11) is 0. The number of hydrogen-bond acceptors (Lipinski definition) is 4. The topological polar surface area (TPSA) is 93.5 Å². The summed E-state index contributed by atoms with van der Waals surface area (Å²) < 4.78 is 5.14. The standard InChI is InChI=1S/C14H19N3O3/c15-13(18)9-20-12-5-3-10(4-6-12)17-14(19)8-11-2-1-7-16-11/h3-6,11,16H,1-2,7-9H2,(H2,15,18)(H,17,19). The quantitative estimate of drug-likeness (QED) is 0.711. The molecule has 1 aliphatic rings. The number of benzene rings is 1. The fraction of sp³-hybridized carbons (Fsp3) is 0.429. The molecule has 1 atom stereocenters. The molecule has 1 fully saturated rings. The molecule has 0 spiro atoms. The Morgan fingerprint density at radius 3 is 2.70 bits per heavy atom. The first-order chi connectivity index (χ1) is 9.63. The molecule has 1 unspecified atom stereocenters. The number of nitrogens with two attached hydrogens (primary N) is 1. The number of carbonyl (C=O) groups excluding carboxylic acids is 2. The summed E-state index contributed by atoms with van der Waals surface area (Å²) >= 11 is 0. The van der Waals surface area contributed by atoms with Gasteiger partial charge >= 0.3 is 0 Å². The zero-order valence-corrected chi connectivity index (χ0v) is 11.2. The SMILES string of the molecule is NC(=O)COc1ccc(NC(=O)CC2CCCN2)cc1. The smallest absolute Gasteiger partial charge is 0.255 e. The van der Waals surface area contributed by atoms with Crippen molar-refractivity contribution in [1.29, 1.82) is 0 Å². The van der Waals surface area contributed by atoms with E-state index in [1.807, 2.05) is 0 Å². The second-order valence-electron chi connectivity index (χ2n) is 4.82. The summed E-state index contributed by atoms with van der Waals surface area (Å²) in [6.07, 6.45) is 2.66. The second kappa shape index (κ2) is 6.91. The van der Waals surface area contributed by atoms with Gasteiger partial charge in [-0.05, 0) is 43.7 Å². The first kappa shape index (κ1) is 14.3. The molecule has 0 aromatic heterocycles. The normalized spacial score (nSPS) is 17.7. The maximum absolute atomic E-state index is 11.8. The van der Waals surface area contributed by atoms with Crippen molar-refractivity contribution < 1.29 is 14.3 Å². The van der Waals surface area contributed by atoms with Crippen molar-refractivity contribution >= 4 is 17.5 Å². The lowest BCUT2D eigenvalue weighted by Crippen LogP contribution is -2.27. The van der Waals surface area contributed by atoms with Crippen molar-refractivity contribution in [3.8, 4) is 5.75 Å². The second-order valence-corrected chi connectivity index (χ2v) is 4.82. The molecular formula is C14H19N3O3. The first-order valence-corrected chi connectivity index (χ1v) is 6.68. The van der Waals surface area contributed by atoms with Crippen molar-refractivity contribution in [3.05, 3.63) is 24.3 Å². The maximum Gasteiger partial charge on any atom is 0.255 e. The summed E-state index contributed by atoms with van der Waals surface area (Å²) in [5, 5.41) is 6.12. The number of ether oxygens (including phenoxy) is 1. The highest BCUT2D eigenvalue weighted by Crippen LogP contribution is 2.16. The van der Waals surface area contributed by atoms with E-state index in [0.717, 1.165) is 19.4 Å². The third-order valence-corrected chi connectivity index (χ3v) is 3.11. The van der Waals surface area contributed by atoms with Gasteiger partial charge in [0.1, 0.15) is 5.75 Å². The van der Waals surface area contributed by atoms with Gasteiger partial charge in [-0.2, -0.15) is 0 Å². The number of nitrogens with one attached hydrogen (secondary N) is 2. The third kappa shape index (κ3) is 4.55. The van der Waals surface area contributed by atoms with Crippen LogP contribution in [-0.4, -0.2) is 31.0 Å². The molecule has 1 aromatic rings. The number of amides is 2. The molecule has 0 aliphatic carbocycles. The van der Waals surface area contributed by atoms with E-state index in [4.69, 9.17) is 10.5 Å². The lowest BCUT2D eigenvalue weighted by molar-refractivity contribution is -0.120. The van der Waals surface area contributed by atoms with Crippen LogP contribution in [0.2, 0.25) is 0 Å². The van der Waals surface area contributed by atoms with Gasteiger partial charge in [-0.15, -0.1) is 0 Å². The number of primary amides is 1. The third-order valence-electron chi connectivity index (χ3n) is 3.11. The van der Waals surface area contributed by atoms with Crippen LogP contribution in [0.25, 0.3) is 0 Å². The Bertz CT molecular complexity index is 467. The molecule has 0 radical (unpaired) electrons. The molecule has 2 amide bonds. The number of hydrogen-bond donors (Lipinski definition) is 3. The predicted octanol–water partition coefficient (Wildman–Crippen LogP) is 0.631. The monoisotopic (exact) mass is 277 g/mol. The van der Waals surface area contributed by atoms with E-state index in [1.165, 1.54) is 0 Å². The van der Waals surface area contributed by atoms with Crippen LogP contribution < -0.4 is 21.1 Å². The molecule has 0 bridgehead atoms. The zero-order valence-electron chi connectivity index (χ0n) is 11.2. The highest BCUT2D eigenvalue weighted by molar-refractivity contribution is 5.91. The summed E-state index contributed by atoms with van der Waals surface area (Å²) in [6.45, 7) is 0.836. The van der Waals surface area contributed by atoms with Crippen LogP contribution in [0.5, 0.6) is 5.75 Å². The minimum absolute atomic E-state index is 0.00444. The van der Waals surface area contributed by atoms with Crippen LogP contribution in [0.1, 0.15) is 19.3 Å². The van der Waals surface area contributed by atoms with Crippen LogP contribution in [-0.2, 0) is 9.59 Å². The van der Waals surface area contributed by atoms with Crippen molar-refractivity contribution in [2.45, 2.75) is 25.3 Å². The Kier molecular flexibility index (Phi) is 4.95. The lowest BCUT2D eigenvalue weighted by Gasteiger charge is -2.11. The van der Waals surface area contributed by atoms with E-state index in [9.17, 15) is 9.59 Å². The fourth-order valence-corrected chi connectivity index (χ4v) is 2.16. The van der Waals surface area contributed by atoms with E-state index in [-0.39, 0.29) is 18.6 Å². The molecule has 20 heavy (non-hydrogen) atoms. The summed E-state index contributed by atoms with van der Waals surface area (Å²) in [6, 6.07) is 7.12.